The maximum atomic E-state index is 12.1. The zero-order valence-corrected chi connectivity index (χ0v) is 15.6. The van der Waals surface area contributed by atoms with Crippen LogP contribution in [-0.2, 0) is 4.74 Å². The normalized spacial score (nSPS) is 17.3. The van der Waals surface area contributed by atoms with Crippen molar-refractivity contribution in [1.82, 2.24) is 19.7 Å². The summed E-state index contributed by atoms with van der Waals surface area (Å²) in [6, 6.07) is 1.86. The molecule has 1 saturated heterocycles. The van der Waals surface area contributed by atoms with Crippen LogP contribution in [0.25, 0.3) is 0 Å². The van der Waals surface area contributed by atoms with E-state index in [0.29, 0.717) is 24.0 Å². The molecule has 2 N–H and O–H groups in total. The minimum Gasteiger partial charge on any atom is -0.477 e. The topological polar surface area (TPSA) is 110 Å². The zero-order valence-electron chi connectivity index (χ0n) is 14.8. The predicted molar refractivity (Wildman–Crippen MR) is 96.0 cm³/mol. The Hall–Kier alpha value is -2.62. The Bertz CT molecular complexity index is 810. The number of carbonyl (C=O) groups excluding carboxylic acids is 1. The van der Waals surface area contributed by atoms with Gasteiger partial charge < -0.3 is 20.1 Å². The molecule has 0 aliphatic carbocycles. The van der Waals surface area contributed by atoms with Crippen molar-refractivity contribution in [3.05, 3.63) is 23.3 Å². The lowest BCUT2D eigenvalue weighted by Crippen LogP contribution is -2.35. The molecule has 9 nitrogen and oxygen atoms in total. The monoisotopic (exact) mass is 379 g/mol. The fraction of sp³-hybridized carbons (Fsp3) is 0.500. The highest BCUT2D eigenvalue weighted by atomic mass is 32.1. The maximum absolute atomic E-state index is 12.1. The Balaban J connectivity index is 1.59. The highest BCUT2D eigenvalue weighted by molar-refractivity contribution is 7.17. The largest absolute Gasteiger partial charge is 0.477 e. The van der Waals surface area contributed by atoms with Gasteiger partial charge in [-0.25, -0.2) is 14.6 Å². The number of carboxylic acid groups (broad SMARTS) is 1. The maximum Gasteiger partial charge on any atom is 0.410 e. The number of hydrogen-bond donors (Lipinski definition) is 2. The molecule has 2 aromatic heterocycles. The third-order valence-corrected chi connectivity index (χ3v) is 4.65. The van der Waals surface area contributed by atoms with Crippen molar-refractivity contribution >= 4 is 34.3 Å². The summed E-state index contributed by atoms with van der Waals surface area (Å²) in [5.41, 5.74) is -0.513. The van der Waals surface area contributed by atoms with Gasteiger partial charge in [0.25, 0.3) is 0 Å². The van der Waals surface area contributed by atoms with Crippen LogP contribution in [0.5, 0.6) is 0 Å². The lowest BCUT2D eigenvalue weighted by Gasteiger charge is -2.24. The van der Waals surface area contributed by atoms with E-state index in [0.717, 1.165) is 17.8 Å². The minimum atomic E-state index is -1.01. The van der Waals surface area contributed by atoms with Crippen LogP contribution in [0.15, 0.2) is 18.5 Å². The third kappa shape index (κ3) is 4.31. The van der Waals surface area contributed by atoms with Crippen LogP contribution in [-0.4, -0.2) is 55.5 Å². The second-order valence-electron chi connectivity index (χ2n) is 7.01. The van der Waals surface area contributed by atoms with E-state index >= 15 is 0 Å². The van der Waals surface area contributed by atoms with Gasteiger partial charge in [-0.05, 0) is 27.2 Å². The molecule has 0 saturated carbocycles. The Morgan fingerprint density at radius 3 is 2.85 bits per heavy atom. The molecular formula is C16H21N5O4S. The first-order chi connectivity index (χ1) is 12.2. The highest BCUT2D eigenvalue weighted by Gasteiger charge is 2.31. The highest BCUT2D eigenvalue weighted by Crippen LogP contribution is 2.25. The summed E-state index contributed by atoms with van der Waals surface area (Å²) in [5, 5.41) is 16.9. The molecule has 3 rings (SSSR count). The first-order valence-electron chi connectivity index (χ1n) is 8.20. The number of thiazole rings is 1. The Morgan fingerprint density at radius 2 is 2.19 bits per heavy atom. The number of carbonyl (C=O) groups is 2. The minimum absolute atomic E-state index is 0.0731. The summed E-state index contributed by atoms with van der Waals surface area (Å²) < 4.78 is 7.21. The van der Waals surface area contributed by atoms with Gasteiger partial charge in [0.05, 0.1) is 12.2 Å². The summed E-state index contributed by atoms with van der Waals surface area (Å²) in [6.07, 6.45) is 3.62. The van der Waals surface area contributed by atoms with E-state index in [2.05, 4.69) is 15.4 Å². The fourth-order valence-electron chi connectivity index (χ4n) is 2.60. The molecule has 1 aliphatic heterocycles. The van der Waals surface area contributed by atoms with Crippen molar-refractivity contribution < 1.29 is 19.4 Å². The Labute approximate surface area is 154 Å². The van der Waals surface area contributed by atoms with E-state index in [-0.39, 0.29) is 17.0 Å². The van der Waals surface area contributed by atoms with Crippen LogP contribution in [0.4, 0.5) is 15.7 Å². The summed E-state index contributed by atoms with van der Waals surface area (Å²) in [5.74, 6) is -0.429. The van der Waals surface area contributed by atoms with Crippen LogP contribution in [0.3, 0.4) is 0 Å². The van der Waals surface area contributed by atoms with Gasteiger partial charge in [0.15, 0.2) is 10.9 Å². The molecule has 0 spiro atoms. The SMILES string of the molecule is CC(C)(C)OC(=O)N1CC[C@@H](n2ccc(Nc3ncc(C(=O)O)s3)n2)C1. The van der Waals surface area contributed by atoms with E-state index in [4.69, 9.17) is 9.84 Å². The quantitative estimate of drug-likeness (QED) is 0.840. The van der Waals surface area contributed by atoms with Gasteiger partial charge in [0.1, 0.15) is 10.5 Å². The van der Waals surface area contributed by atoms with Gasteiger partial charge in [-0.1, -0.05) is 11.3 Å². The number of carboxylic acids is 1. The van der Waals surface area contributed by atoms with Crippen LogP contribution in [0.2, 0.25) is 0 Å². The number of nitrogens with one attached hydrogen (secondary N) is 1. The Morgan fingerprint density at radius 1 is 1.42 bits per heavy atom. The molecule has 1 amide bonds. The van der Waals surface area contributed by atoms with Crippen molar-refractivity contribution in [3.63, 3.8) is 0 Å². The standard InChI is InChI=1S/C16H21N5O4S/c1-16(2,3)25-15(24)20-6-4-10(9-20)21-7-5-12(19-21)18-14-17-8-11(26-14)13(22)23/h5,7-8,10H,4,6,9H2,1-3H3,(H,22,23)(H,17,18,19)/t10-/m1/s1. The molecule has 10 heteroatoms. The summed E-state index contributed by atoms with van der Waals surface area (Å²) in [4.78, 5) is 28.9. The number of nitrogens with zero attached hydrogens (tertiary/aromatic N) is 4. The van der Waals surface area contributed by atoms with Crippen LogP contribution in [0.1, 0.15) is 42.9 Å². The number of ether oxygens (including phenoxy) is 1. The summed E-state index contributed by atoms with van der Waals surface area (Å²) >= 11 is 1.05. The van der Waals surface area contributed by atoms with E-state index in [1.807, 2.05) is 27.0 Å². The van der Waals surface area contributed by atoms with Crippen LogP contribution >= 0.6 is 11.3 Å². The van der Waals surface area contributed by atoms with Crippen molar-refractivity contribution in [2.75, 3.05) is 18.4 Å². The van der Waals surface area contributed by atoms with Crippen molar-refractivity contribution in [1.29, 1.82) is 0 Å². The molecule has 2 aromatic rings. The third-order valence-electron chi connectivity index (χ3n) is 3.75. The lowest BCUT2D eigenvalue weighted by molar-refractivity contribution is 0.0288. The van der Waals surface area contributed by atoms with Gasteiger partial charge in [-0.2, -0.15) is 5.10 Å². The predicted octanol–water partition coefficient (Wildman–Crippen LogP) is 2.96. The second kappa shape index (κ2) is 6.94. The zero-order chi connectivity index (χ0) is 18.9. The molecule has 26 heavy (non-hydrogen) atoms. The molecule has 1 aliphatic rings. The summed E-state index contributed by atoms with van der Waals surface area (Å²) in [6.45, 7) is 6.70. The number of aromatic carboxylic acids is 1. The number of anilines is 2. The van der Waals surface area contributed by atoms with Gasteiger partial charge in [0, 0.05) is 25.4 Å². The van der Waals surface area contributed by atoms with E-state index in [1.54, 1.807) is 15.6 Å². The van der Waals surface area contributed by atoms with Crippen molar-refractivity contribution in [2.45, 2.75) is 38.8 Å². The Kier molecular flexibility index (Phi) is 4.86. The molecule has 1 fully saturated rings. The summed E-state index contributed by atoms with van der Waals surface area (Å²) in [7, 11) is 0. The number of rotatable bonds is 4. The molecule has 0 aromatic carbocycles. The molecule has 0 bridgehead atoms. The first kappa shape index (κ1) is 18.2. The number of likely N-dealkylation sites (tertiary alicyclic amines) is 1. The van der Waals surface area contributed by atoms with E-state index in [9.17, 15) is 9.59 Å². The fourth-order valence-corrected chi connectivity index (χ4v) is 3.26. The van der Waals surface area contributed by atoms with E-state index < -0.39 is 11.6 Å². The lowest BCUT2D eigenvalue weighted by atomic mass is 10.2. The molecule has 3 heterocycles. The second-order valence-corrected chi connectivity index (χ2v) is 8.04. The van der Waals surface area contributed by atoms with Crippen LogP contribution < -0.4 is 5.32 Å². The molecule has 0 radical (unpaired) electrons. The number of hydrogen-bond acceptors (Lipinski definition) is 7. The smallest absolute Gasteiger partial charge is 0.410 e. The first-order valence-corrected chi connectivity index (χ1v) is 9.02. The van der Waals surface area contributed by atoms with E-state index in [1.165, 1.54) is 6.20 Å². The van der Waals surface area contributed by atoms with Gasteiger partial charge in [-0.15, -0.1) is 0 Å². The van der Waals surface area contributed by atoms with Crippen LogP contribution in [0, 0.1) is 0 Å². The molecular weight excluding hydrogens is 358 g/mol. The molecule has 1 atom stereocenters. The van der Waals surface area contributed by atoms with Gasteiger partial charge in [-0.3, -0.25) is 4.68 Å². The molecule has 0 unspecified atom stereocenters. The molecule has 140 valence electrons. The van der Waals surface area contributed by atoms with Crippen molar-refractivity contribution in [3.8, 4) is 0 Å². The number of aromatic nitrogens is 3. The van der Waals surface area contributed by atoms with Gasteiger partial charge >= 0.3 is 12.1 Å². The average Bonchev–Trinajstić information content (AvgIpc) is 3.25. The van der Waals surface area contributed by atoms with Gasteiger partial charge in [0.2, 0.25) is 0 Å². The average molecular weight is 379 g/mol. The van der Waals surface area contributed by atoms with Crippen molar-refractivity contribution in [2.24, 2.45) is 0 Å². The number of amides is 1.